The highest BCUT2D eigenvalue weighted by Gasteiger charge is 2.35. The monoisotopic (exact) mass is 334 g/mol. The van der Waals surface area contributed by atoms with Crippen LogP contribution >= 0.6 is 0 Å². The van der Waals surface area contributed by atoms with E-state index in [2.05, 4.69) is 5.32 Å². The number of morpholine rings is 1. The second kappa shape index (κ2) is 6.12. The Balaban J connectivity index is 1.89. The van der Waals surface area contributed by atoms with Crippen molar-refractivity contribution in [2.24, 2.45) is 0 Å². The maximum Gasteiger partial charge on any atom is 0.334 e. The first kappa shape index (κ1) is 16.3. The van der Waals surface area contributed by atoms with Crippen LogP contribution in [0.25, 0.3) is 0 Å². The lowest BCUT2D eigenvalue weighted by Gasteiger charge is -2.35. The number of ether oxygens (including phenoxy) is 2. The lowest BCUT2D eigenvalue weighted by molar-refractivity contribution is -0.160. The summed E-state index contributed by atoms with van der Waals surface area (Å²) in [7, 11) is 0. The number of hydrogen-bond acceptors (Lipinski definition) is 5. The Hall–Kier alpha value is -2.61. The van der Waals surface area contributed by atoms with Crippen molar-refractivity contribution in [3.05, 3.63) is 23.8 Å². The fourth-order valence-electron chi connectivity index (χ4n) is 2.82. The summed E-state index contributed by atoms with van der Waals surface area (Å²) in [5.74, 6) is -1.43. The molecule has 2 aliphatic rings. The summed E-state index contributed by atoms with van der Waals surface area (Å²) >= 11 is 0. The molecule has 0 radical (unpaired) electrons. The molecule has 0 bridgehead atoms. The average molecular weight is 334 g/mol. The molecule has 2 aliphatic heterocycles. The Labute approximate surface area is 138 Å². The number of carbonyl (C=O) groups excluding carboxylic acids is 2. The smallest absolute Gasteiger partial charge is 0.334 e. The molecule has 8 nitrogen and oxygen atoms in total. The Morgan fingerprint density at radius 3 is 2.75 bits per heavy atom. The quantitative estimate of drug-likeness (QED) is 0.826. The van der Waals surface area contributed by atoms with Crippen molar-refractivity contribution in [3.63, 3.8) is 0 Å². The Kier molecular flexibility index (Phi) is 4.15. The molecule has 1 aromatic rings. The molecule has 0 saturated carbocycles. The van der Waals surface area contributed by atoms with E-state index in [1.165, 1.54) is 4.90 Å². The number of nitrogens with zero attached hydrogens (tertiary/aromatic N) is 1. The van der Waals surface area contributed by atoms with Crippen LogP contribution in [0.4, 0.5) is 5.69 Å². The van der Waals surface area contributed by atoms with Gasteiger partial charge in [-0.25, -0.2) is 4.79 Å². The Bertz CT molecular complexity index is 704. The number of hydrogen-bond donors (Lipinski definition) is 2. The minimum atomic E-state index is -1.11. The lowest BCUT2D eigenvalue weighted by atomic mass is 10.1. The molecule has 1 fully saturated rings. The van der Waals surface area contributed by atoms with Crippen molar-refractivity contribution in [2.75, 3.05) is 18.4 Å². The zero-order chi connectivity index (χ0) is 17.4. The number of fused-ring (bicyclic) bond motifs is 1. The Morgan fingerprint density at radius 1 is 1.29 bits per heavy atom. The van der Waals surface area contributed by atoms with Crippen molar-refractivity contribution >= 4 is 23.5 Å². The number of carboxylic acid groups (broad SMARTS) is 1. The second-order valence-corrected chi connectivity index (χ2v) is 5.92. The van der Waals surface area contributed by atoms with Crippen LogP contribution in [0.5, 0.6) is 5.75 Å². The van der Waals surface area contributed by atoms with Crippen LogP contribution < -0.4 is 10.1 Å². The third-order valence-corrected chi connectivity index (χ3v) is 3.99. The molecule has 0 spiro atoms. The SMILES string of the molecule is CC1Oc2c(cccc2C(=O)N2CC(C(=O)O)O[C@H](C)C2)NC1=O. The van der Waals surface area contributed by atoms with Crippen molar-refractivity contribution < 1.29 is 29.0 Å². The van der Waals surface area contributed by atoms with Gasteiger partial charge in [0, 0.05) is 6.54 Å². The van der Waals surface area contributed by atoms with Gasteiger partial charge in [0.2, 0.25) is 0 Å². The molecule has 0 aliphatic carbocycles. The first-order chi connectivity index (χ1) is 11.4. The van der Waals surface area contributed by atoms with Gasteiger partial charge >= 0.3 is 5.97 Å². The molecule has 2 unspecified atom stereocenters. The Morgan fingerprint density at radius 2 is 2.04 bits per heavy atom. The second-order valence-electron chi connectivity index (χ2n) is 5.92. The van der Waals surface area contributed by atoms with Crippen molar-refractivity contribution in [3.8, 4) is 5.75 Å². The maximum absolute atomic E-state index is 12.9. The lowest BCUT2D eigenvalue weighted by Crippen LogP contribution is -2.52. The van der Waals surface area contributed by atoms with Gasteiger partial charge in [0.05, 0.1) is 23.9 Å². The predicted octanol–water partition coefficient (Wildman–Crippen LogP) is 0.720. The first-order valence-electron chi connectivity index (χ1n) is 7.65. The molecular weight excluding hydrogens is 316 g/mol. The first-order valence-corrected chi connectivity index (χ1v) is 7.65. The largest absolute Gasteiger partial charge is 0.479 e. The standard InChI is InChI=1S/C16H18N2O6/c1-8-6-18(7-12(23-8)16(21)22)15(20)10-4-3-5-11-13(10)24-9(2)14(19)17-11/h3-5,8-9,12H,6-7H2,1-2H3,(H,17,19)(H,21,22)/t8-,9?,12?/m1/s1. The number of benzene rings is 1. The van der Waals surface area contributed by atoms with Gasteiger partial charge in [-0.15, -0.1) is 0 Å². The normalized spacial score (nSPS) is 26.2. The van der Waals surface area contributed by atoms with Gasteiger partial charge in [-0.2, -0.15) is 0 Å². The van der Waals surface area contributed by atoms with Crippen LogP contribution in [-0.4, -0.2) is 59.2 Å². The molecule has 2 amide bonds. The van der Waals surface area contributed by atoms with E-state index in [9.17, 15) is 14.4 Å². The highest BCUT2D eigenvalue weighted by Crippen LogP contribution is 2.34. The van der Waals surface area contributed by atoms with E-state index in [1.807, 2.05) is 0 Å². The number of para-hydroxylation sites is 1. The third-order valence-electron chi connectivity index (χ3n) is 3.99. The topological polar surface area (TPSA) is 105 Å². The van der Waals surface area contributed by atoms with Gasteiger partial charge in [0.1, 0.15) is 0 Å². The van der Waals surface area contributed by atoms with Gasteiger partial charge in [-0.1, -0.05) is 6.07 Å². The molecule has 2 N–H and O–H groups in total. The molecular formula is C16H18N2O6. The minimum Gasteiger partial charge on any atom is -0.479 e. The van der Waals surface area contributed by atoms with Crippen LogP contribution in [0.2, 0.25) is 0 Å². The molecule has 24 heavy (non-hydrogen) atoms. The maximum atomic E-state index is 12.9. The minimum absolute atomic E-state index is 0.0376. The number of nitrogens with one attached hydrogen (secondary N) is 1. The van der Waals surface area contributed by atoms with Crippen molar-refractivity contribution in [1.82, 2.24) is 4.90 Å². The number of carbonyl (C=O) groups is 3. The summed E-state index contributed by atoms with van der Waals surface area (Å²) in [5.41, 5.74) is 0.720. The third kappa shape index (κ3) is 2.92. The van der Waals surface area contributed by atoms with Crippen LogP contribution in [0.1, 0.15) is 24.2 Å². The van der Waals surface area contributed by atoms with Gasteiger partial charge in [0.15, 0.2) is 18.0 Å². The van der Waals surface area contributed by atoms with E-state index in [0.29, 0.717) is 11.4 Å². The van der Waals surface area contributed by atoms with E-state index in [4.69, 9.17) is 14.6 Å². The number of amides is 2. The molecule has 3 rings (SSSR count). The van der Waals surface area contributed by atoms with E-state index in [1.54, 1.807) is 32.0 Å². The molecule has 8 heteroatoms. The summed E-state index contributed by atoms with van der Waals surface area (Å²) in [6, 6.07) is 4.89. The van der Waals surface area contributed by atoms with Crippen LogP contribution in [0.15, 0.2) is 18.2 Å². The van der Waals surface area contributed by atoms with E-state index < -0.39 is 18.2 Å². The van der Waals surface area contributed by atoms with E-state index in [0.717, 1.165) is 0 Å². The van der Waals surface area contributed by atoms with Crippen LogP contribution in [-0.2, 0) is 14.3 Å². The molecule has 1 aromatic carbocycles. The molecule has 1 saturated heterocycles. The van der Waals surface area contributed by atoms with Gasteiger partial charge in [-0.05, 0) is 26.0 Å². The van der Waals surface area contributed by atoms with Crippen LogP contribution in [0, 0.1) is 0 Å². The molecule has 3 atom stereocenters. The molecule has 2 heterocycles. The van der Waals surface area contributed by atoms with E-state index >= 15 is 0 Å². The van der Waals surface area contributed by atoms with Crippen molar-refractivity contribution in [2.45, 2.75) is 32.2 Å². The van der Waals surface area contributed by atoms with Crippen molar-refractivity contribution in [1.29, 1.82) is 0 Å². The fourth-order valence-corrected chi connectivity index (χ4v) is 2.82. The zero-order valence-electron chi connectivity index (χ0n) is 13.3. The fraction of sp³-hybridized carbons (Fsp3) is 0.438. The highest BCUT2D eigenvalue weighted by atomic mass is 16.5. The number of rotatable bonds is 2. The molecule has 128 valence electrons. The number of aliphatic carboxylic acids is 1. The molecule has 0 aromatic heterocycles. The highest BCUT2D eigenvalue weighted by molar-refractivity contribution is 6.04. The van der Waals surface area contributed by atoms with Gasteiger partial charge in [-0.3, -0.25) is 9.59 Å². The summed E-state index contributed by atoms with van der Waals surface area (Å²) < 4.78 is 10.9. The van der Waals surface area contributed by atoms with Crippen LogP contribution in [0.3, 0.4) is 0 Å². The summed E-state index contributed by atoms with van der Waals surface area (Å²) in [6.07, 6.45) is -2.15. The summed E-state index contributed by atoms with van der Waals surface area (Å²) in [5, 5.41) is 11.8. The van der Waals surface area contributed by atoms with Gasteiger partial charge < -0.3 is 24.8 Å². The average Bonchev–Trinajstić information content (AvgIpc) is 2.54. The summed E-state index contributed by atoms with van der Waals surface area (Å²) in [6.45, 7) is 3.56. The number of anilines is 1. The van der Waals surface area contributed by atoms with Gasteiger partial charge in [0.25, 0.3) is 11.8 Å². The number of carboxylic acids is 1. The zero-order valence-corrected chi connectivity index (χ0v) is 13.3. The van der Waals surface area contributed by atoms with E-state index in [-0.39, 0.29) is 36.6 Å². The predicted molar refractivity (Wildman–Crippen MR) is 83.0 cm³/mol. The summed E-state index contributed by atoms with van der Waals surface area (Å²) in [4.78, 5) is 37.2.